The van der Waals surface area contributed by atoms with Crippen molar-refractivity contribution in [2.45, 2.75) is 56.5 Å². The molecule has 1 aromatic carbocycles. The van der Waals surface area contributed by atoms with E-state index in [-0.39, 0.29) is 30.0 Å². The van der Waals surface area contributed by atoms with Gasteiger partial charge >= 0.3 is 0 Å². The number of amides is 3. The molecule has 13 heteroatoms. The van der Waals surface area contributed by atoms with E-state index in [1.54, 1.807) is 29.2 Å². The van der Waals surface area contributed by atoms with Crippen LogP contribution in [-0.4, -0.2) is 76.0 Å². The van der Waals surface area contributed by atoms with Crippen LogP contribution >= 0.6 is 22.9 Å². The first kappa shape index (κ1) is 29.5. The third-order valence-electron chi connectivity index (χ3n) is 6.97. The molecule has 0 spiro atoms. The summed E-state index contributed by atoms with van der Waals surface area (Å²) in [6.07, 6.45) is 2.98. The number of carbonyl (C=O) groups is 3. The maximum atomic E-state index is 13.8. The van der Waals surface area contributed by atoms with Crippen LogP contribution in [0.1, 0.15) is 48.3 Å². The quantitative estimate of drug-likeness (QED) is 0.459. The molecule has 3 amide bonds. The molecule has 3 heterocycles. The molecular weight excluding hydrogens is 564 g/mol. The number of likely N-dealkylation sites (tertiary alicyclic amines) is 1. The van der Waals surface area contributed by atoms with Crippen molar-refractivity contribution in [3.05, 3.63) is 45.1 Å². The van der Waals surface area contributed by atoms with Gasteiger partial charge in [0.05, 0.1) is 20.7 Å². The molecule has 0 unspecified atom stereocenters. The topological polar surface area (TPSA) is 125 Å². The maximum absolute atomic E-state index is 13.8. The van der Waals surface area contributed by atoms with Crippen LogP contribution in [0, 0.1) is 0 Å². The highest BCUT2D eigenvalue weighted by Crippen LogP contribution is 2.29. The van der Waals surface area contributed by atoms with Crippen LogP contribution in [0.5, 0.6) is 0 Å². The third kappa shape index (κ3) is 6.80. The van der Waals surface area contributed by atoms with Gasteiger partial charge in [-0.15, -0.1) is 11.3 Å². The minimum atomic E-state index is -4.23. The number of halogens is 1. The molecule has 2 aliphatic heterocycles. The highest BCUT2D eigenvalue weighted by molar-refractivity contribution is 7.89. The molecule has 0 bridgehead atoms. The second-order valence-electron chi connectivity index (χ2n) is 9.57. The molecule has 4 rings (SSSR count). The van der Waals surface area contributed by atoms with E-state index in [4.69, 9.17) is 16.3 Å². The van der Waals surface area contributed by atoms with Crippen LogP contribution in [-0.2, 0) is 30.8 Å². The summed E-state index contributed by atoms with van der Waals surface area (Å²) in [7, 11) is -4.23. The Bertz CT molecular complexity index is 1330. The molecule has 0 aliphatic carbocycles. The molecule has 10 nitrogen and oxygen atoms in total. The van der Waals surface area contributed by atoms with Gasteiger partial charge in [-0.2, -0.15) is 4.72 Å². The van der Waals surface area contributed by atoms with Crippen molar-refractivity contribution in [1.29, 1.82) is 0 Å². The largest absolute Gasteiger partial charge is 0.370 e. The SMILES string of the molecule is CCc1c(N2CCOCC2=O)cccc1S(=O)(=O)N[C@@H](CNC(=O)c1ccc(Cl)s1)C(=O)N1CCCC[C@@H]1C. The van der Waals surface area contributed by atoms with Crippen molar-refractivity contribution in [3.63, 3.8) is 0 Å². The molecular formula is C26H33ClN4O6S2. The fourth-order valence-electron chi connectivity index (χ4n) is 4.96. The zero-order valence-electron chi connectivity index (χ0n) is 21.9. The van der Waals surface area contributed by atoms with E-state index in [0.29, 0.717) is 46.6 Å². The van der Waals surface area contributed by atoms with Gasteiger partial charge in [0.15, 0.2) is 0 Å². The van der Waals surface area contributed by atoms with Gasteiger partial charge in [-0.25, -0.2) is 8.42 Å². The summed E-state index contributed by atoms with van der Waals surface area (Å²) >= 11 is 7.04. The fourth-order valence-corrected chi connectivity index (χ4v) is 7.44. The van der Waals surface area contributed by atoms with E-state index >= 15 is 0 Å². The number of hydrogen-bond acceptors (Lipinski definition) is 7. The van der Waals surface area contributed by atoms with E-state index in [1.807, 2.05) is 13.8 Å². The van der Waals surface area contributed by atoms with Crippen LogP contribution in [0.15, 0.2) is 35.2 Å². The van der Waals surface area contributed by atoms with Crippen molar-refractivity contribution in [1.82, 2.24) is 14.9 Å². The summed E-state index contributed by atoms with van der Waals surface area (Å²) in [5, 5.41) is 2.69. The third-order valence-corrected chi connectivity index (χ3v) is 9.76. The van der Waals surface area contributed by atoms with Crippen LogP contribution in [0.25, 0.3) is 0 Å². The van der Waals surface area contributed by atoms with Crippen molar-refractivity contribution in [3.8, 4) is 0 Å². The lowest BCUT2D eigenvalue weighted by atomic mass is 10.0. The predicted molar refractivity (Wildman–Crippen MR) is 150 cm³/mol. The second-order valence-corrected chi connectivity index (χ2v) is 13.0. The minimum Gasteiger partial charge on any atom is -0.370 e. The smallest absolute Gasteiger partial charge is 0.261 e. The van der Waals surface area contributed by atoms with Crippen LogP contribution in [0.4, 0.5) is 5.69 Å². The van der Waals surface area contributed by atoms with Gasteiger partial charge in [0, 0.05) is 31.4 Å². The Balaban J connectivity index is 1.63. The van der Waals surface area contributed by atoms with Gasteiger partial charge in [0.2, 0.25) is 15.9 Å². The number of piperidine rings is 1. The van der Waals surface area contributed by atoms with Gasteiger partial charge < -0.3 is 19.9 Å². The van der Waals surface area contributed by atoms with Gasteiger partial charge in [0.1, 0.15) is 12.6 Å². The summed E-state index contributed by atoms with van der Waals surface area (Å²) < 4.78 is 35.8. The number of rotatable bonds is 9. The zero-order chi connectivity index (χ0) is 28.2. The first-order valence-electron chi connectivity index (χ1n) is 13.0. The Morgan fingerprint density at radius 3 is 2.67 bits per heavy atom. The maximum Gasteiger partial charge on any atom is 0.261 e. The number of nitrogens with zero attached hydrogens (tertiary/aromatic N) is 2. The van der Waals surface area contributed by atoms with Gasteiger partial charge in [-0.3, -0.25) is 14.4 Å². The van der Waals surface area contributed by atoms with Crippen LogP contribution < -0.4 is 14.9 Å². The molecule has 212 valence electrons. The standard InChI is InChI=1S/C26H33ClN4O6S2/c1-3-18-20(31-13-14-37-16-24(31)32)8-6-9-22(18)39(35,36)29-19(26(34)30-12-5-4-7-17(30)2)15-28-25(33)21-10-11-23(27)38-21/h6,8-11,17,19,29H,3-5,7,12-16H2,1-2H3,(H,28,33)/t17-,19-/m0/s1. The van der Waals surface area contributed by atoms with Crippen molar-refractivity contribution in [2.24, 2.45) is 0 Å². The number of sulfonamides is 1. The summed E-state index contributed by atoms with van der Waals surface area (Å²) in [6, 6.07) is 6.65. The van der Waals surface area contributed by atoms with Gasteiger partial charge in [-0.1, -0.05) is 24.6 Å². The highest BCUT2D eigenvalue weighted by atomic mass is 35.5. The predicted octanol–water partition coefficient (Wildman–Crippen LogP) is 2.81. The number of hydrogen-bond donors (Lipinski definition) is 2. The molecule has 2 fully saturated rings. The number of benzene rings is 1. The van der Waals surface area contributed by atoms with Crippen molar-refractivity contribution < 1.29 is 27.5 Å². The summed E-state index contributed by atoms with van der Waals surface area (Å²) in [5.41, 5.74) is 0.971. The molecule has 0 radical (unpaired) electrons. The Morgan fingerprint density at radius 2 is 2.00 bits per heavy atom. The van der Waals surface area contributed by atoms with Gasteiger partial charge in [0.25, 0.3) is 11.8 Å². The van der Waals surface area contributed by atoms with Crippen molar-refractivity contribution >= 4 is 56.4 Å². The number of thiophene rings is 1. The van der Waals surface area contributed by atoms with E-state index in [1.165, 1.54) is 11.0 Å². The molecule has 0 saturated carbocycles. The average Bonchev–Trinajstić information content (AvgIpc) is 3.37. The van der Waals surface area contributed by atoms with Crippen LogP contribution in [0.2, 0.25) is 4.34 Å². The van der Waals surface area contributed by atoms with Crippen LogP contribution in [0.3, 0.4) is 0 Å². The Hall–Kier alpha value is -2.51. The first-order chi connectivity index (χ1) is 18.6. The lowest BCUT2D eigenvalue weighted by molar-refractivity contribution is -0.136. The van der Waals surface area contributed by atoms with E-state index in [0.717, 1.165) is 30.6 Å². The molecule has 2 aliphatic rings. The minimum absolute atomic E-state index is 0.0114. The van der Waals surface area contributed by atoms with E-state index < -0.39 is 27.9 Å². The molecule has 2 atom stereocenters. The summed E-state index contributed by atoms with van der Waals surface area (Å²) in [4.78, 5) is 42.4. The number of morpholine rings is 1. The highest BCUT2D eigenvalue weighted by Gasteiger charge is 2.34. The summed E-state index contributed by atoms with van der Waals surface area (Å²) in [6.45, 7) is 4.62. The number of anilines is 1. The normalized spacial score (nSPS) is 19.2. The van der Waals surface area contributed by atoms with E-state index in [9.17, 15) is 22.8 Å². The van der Waals surface area contributed by atoms with E-state index in [2.05, 4.69) is 10.0 Å². The monoisotopic (exact) mass is 596 g/mol. The summed E-state index contributed by atoms with van der Waals surface area (Å²) in [5.74, 6) is -1.09. The molecule has 2 aromatic rings. The lowest BCUT2D eigenvalue weighted by Crippen LogP contribution is -2.56. The number of carbonyl (C=O) groups excluding carboxylic acids is 3. The second kappa shape index (κ2) is 12.8. The molecule has 2 saturated heterocycles. The number of ether oxygens (including phenoxy) is 1. The van der Waals surface area contributed by atoms with Gasteiger partial charge in [-0.05, 0) is 62.4 Å². The first-order valence-corrected chi connectivity index (χ1v) is 15.7. The average molecular weight is 597 g/mol. The molecule has 2 N–H and O–H groups in total. The number of nitrogens with one attached hydrogen (secondary N) is 2. The Labute approximate surface area is 237 Å². The zero-order valence-corrected chi connectivity index (χ0v) is 24.3. The Kier molecular flexibility index (Phi) is 9.65. The molecule has 39 heavy (non-hydrogen) atoms. The molecule has 1 aromatic heterocycles. The fraction of sp³-hybridized carbons (Fsp3) is 0.500. The Morgan fingerprint density at radius 1 is 1.21 bits per heavy atom. The lowest BCUT2D eigenvalue weighted by Gasteiger charge is -2.36. The van der Waals surface area contributed by atoms with Crippen molar-refractivity contribution in [2.75, 3.05) is 37.7 Å².